The highest BCUT2D eigenvalue weighted by Gasteiger charge is 2.35. The molecule has 35 heavy (non-hydrogen) atoms. The minimum atomic E-state index is -4.44. The number of halogens is 3. The van der Waals surface area contributed by atoms with Crippen LogP contribution in [0.15, 0.2) is 54.7 Å². The summed E-state index contributed by atoms with van der Waals surface area (Å²) in [5.74, 6) is 0.821. The highest BCUT2D eigenvalue weighted by molar-refractivity contribution is 5.95. The van der Waals surface area contributed by atoms with Crippen LogP contribution in [-0.4, -0.2) is 53.9 Å². The van der Waals surface area contributed by atoms with E-state index in [4.69, 9.17) is 4.74 Å². The van der Waals surface area contributed by atoms with Gasteiger partial charge in [0, 0.05) is 37.8 Å². The molecule has 1 saturated carbocycles. The summed E-state index contributed by atoms with van der Waals surface area (Å²) in [6.45, 7) is 2.70. The van der Waals surface area contributed by atoms with Crippen LogP contribution in [-0.2, 0) is 6.18 Å². The number of hydrogen-bond donors (Lipinski definition) is 0. The molecule has 1 amide bonds. The molecular formula is C26H27F3N4O2. The molecule has 1 aromatic heterocycles. The fourth-order valence-electron chi connectivity index (χ4n) is 4.63. The first-order valence-electron chi connectivity index (χ1n) is 11.8. The zero-order valence-electron chi connectivity index (χ0n) is 19.5. The van der Waals surface area contributed by atoms with Crippen molar-refractivity contribution < 1.29 is 22.7 Å². The summed E-state index contributed by atoms with van der Waals surface area (Å²) in [6, 6.07) is 13.0. The van der Waals surface area contributed by atoms with Gasteiger partial charge in [-0.15, -0.1) is 0 Å². The first-order valence-corrected chi connectivity index (χ1v) is 11.8. The molecule has 0 unspecified atom stereocenters. The Kier molecular flexibility index (Phi) is 6.17. The normalized spacial score (nSPS) is 16.8. The quantitative estimate of drug-likeness (QED) is 0.504. The molecule has 0 spiro atoms. The van der Waals surface area contributed by atoms with Crippen LogP contribution in [0.1, 0.15) is 46.8 Å². The van der Waals surface area contributed by atoms with Crippen LogP contribution >= 0.6 is 0 Å². The van der Waals surface area contributed by atoms with Gasteiger partial charge in [-0.3, -0.25) is 4.79 Å². The van der Waals surface area contributed by atoms with E-state index < -0.39 is 11.7 Å². The van der Waals surface area contributed by atoms with Crippen molar-refractivity contribution in [1.82, 2.24) is 14.7 Å². The Morgan fingerprint density at radius 2 is 1.77 bits per heavy atom. The van der Waals surface area contributed by atoms with Crippen LogP contribution < -0.4 is 9.64 Å². The Morgan fingerprint density at radius 1 is 1.00 bits per heavy atom. The van der Waals surface area contributed by atoms with E-state index in [2.05, 4.69) is 10.00 Å². The minimum Gasteiger partial charge on any atom is -0.497 e. The monoisotopic (exact) mass is 484 g/mol. The summed E-state index contributed by atoms with van der Waals surface area (Å²) in [5.41, 5.74) is 1.87. The molecule has 2 aliphatic rings. The van der Waals surface area contributed by atoms with Crippen molar-refractivity contribution in [3.63, 3.8) is 0 Å². The summed E-state index contributed by atoms with van der Waals surface area (Å²) >= 11 is 0. The Balaban J connectivity index is 1.37. The summed E-state index contributed by atoms with van der Waals surface area (Å²) in [7, 11) is 1.63. The van der Waals surface area contributed by atoms with E-state index in [1.54, 1.807) is 13.2 Å². The Hall–Kier alpha value is -3.49. The molecule has 0 atom stereocenters. The predicted molar refractivity (Wildman–Crippen MR) is 126 cm³/mol. The van der Waals surface area contributed by atoms with Gasteiger partial charge in [0.25, 0.3) is 5.91 Å². The maximum absolute atomic E-state index is 13.6. The number of nitrogens with zero attached hydrogens (tertiary/aromatic N) is 4. The minimum absolute atomic E-state index is 0.110. The fourth-order valence-corrected chi connectivity index (χ4v) is 4.63. The lowest BCUT2D eigenvalue weighted by Gasteiger charge is -2.24. The lowest BCUT2D eigenvalue weighted by molar-refractivity contribution is -0.137. The van der Waals surface area contributed by atoms with Gasteiger partial charge in [-0.25, -0.2) is 4.68 Å². The number of carbonyl (C=O) groups excluding carboxylic acids is 1. The molecular weight excluding hydrogens is 457 g/mol. The van der Waals surface area contributed by atoms with Crippen molar-refractivity contribution in [2.45, 2.75) is 31.4 Å². The van der Waals surface area contributed by atoms with Crippen molar-refractivity contribution in [2.24, 2.45) is 0 Å². The second kappa shape index (κ2) is 9.28. The van der Waals surface area contributed by atoms with Crippen molar-refractivity contribution in [1.29, 1.82) is 0 Å². The highest BCUT2D eigenvalue weighted by Crippen LogP contribution is 2.43. The average Bonchev–Trinajstić information content (AvgIpc) is 3.65. The van der Waals surface area contributed by atoms with Crippen LogP contribution in [0.3, 0.4) is 0 Å². The van der Waals surface area contributed by atoms with Crippen molar-refractivity contribution in [3.8, 4) is 11.4 Å². The number of carbonyl (C=O) groups is 1. The van der Waals surface area contributed by atoms with Gasteiger partial charge in [-0.05, 0) is 61.7 Å². The molecule has 2 heterocycles. The Labute approximate surface area is 201 Å². The third-order valence-electron chi connectivity index (χ3n) is 6.64. The van der Waals surface area contributed by atoms with E-state index in [-0.39, 0.29) is 11.8 Å². The van der Waals surface area contributed by atoms with E-state index in [0.29, 0.717) is 36.6 Å². The summed E-state index contributed by atoms with van der Waals surface area (Å²) < 4.78 is 46.5. The van der Waals surface area contributed by atoms with Gasteiger partial charge in [0.05, 0.1) is 35.8 Å². The number of hydrogen-bond acceptors (Lipinski definition) is 4. The molecule has 9 heteroatoms. The summed E-state index contributed by atoms with van der Waals surface area (Å²) in [5, 5.41) is 4.37. The molecule has 3 aromatic rings. The summed E-state index contributed by atoms with van der Waals surface area (Å²) in [4.78, 5) is 17.6. The smallest absolute Gasteiger partial charge is 0.416 e. The van der Waals surface area contributed by atoms with Crippen LogP contribution in [0, 0.1) is 0 Å². The largest absolute Gasteiger partial charge is 0.497 e. The molecule has 1 aliphatic heterocycles. The van der Waals surface area contributed by atoms with Crippen molar-refractivity contribution >= 4 is 11.6 Å². The number of amides is 1. The molecule has 0 radical (unpaired) electrons. The van der Waals surface area contributed by atoms with Crippen molar-refractivity contribution in [3.05, 3.63) is 71.5 Å². The molecule has 2 aromatic carbocycles. The molecule has 0 N–H and O–H groups in total. The molecule has 184 valence electrons. The van der Waals surface area contributed by atoms with E-state index in [0.717, 1.165) is 49.4 Å². The van der Waals surface area contributed by atoms with E-state index in [1.165, 1.54) is 16.9 Å². The molecule has 1 saturated heterocycles. The van der Waals surface area contributed by atoms with Crippen LogP contribution in [0.5, 0.6) is 5.75 Å². The zero-order chi connectivity index (χ0) is 24.6. The van der Waals surface area contributed by atoms with Crippen LogP contribution in [0.4, 0.5) is 18.9 Å². The second-order valence-electron chi connectivity index (χ2n) is 9.01. The molecule has 0 bridgehead atoms. The number of anilines is 1. The predicted octanol–water partition coefficient (Wildman–Crippen LogP) is 5.13. The summed E-state index contributed by atoms with van der Waals surface area (Å²) in [6.07, 6.45) is -0.309. The lowest BCUT2D eigenvalue weighted by Crippen LogP contribution is -2.35. The van der Waals surface area contributed by atoms with Gasteiger partial charge in [0.1, 0.15) is 5.75 Å². The number of ether oxygens (including phenoxy) is 1. The van der Waals surface area contributed by atoms with Gasteiger partial charge in [-0.2, -0.15) is 18.3 Å². The molecule has 1 aliphatic carbocycles. The van der Waals surface area contributed by atoms with Gasteiger partial charge >= 0.3 is 6.18 Å². The zero-order valence-corrected chi connectivity index (χ0v) is 19.5. The number of methoxy groups -OCH3 is 1. The standard InChI is InChI=1S/C26H27F3N4O2/c1-35-22-10-8-20(9-11-22)31-12-3-13-32(15-14-31)25(34)23-17-30-33(24(23)18-6-7-18)21-5-2-4-19(16-21)26(27,28)29/h2,4-5,8-11,16-18H,3,6-7,12-15H2,1H3. The first-order chi connectivity index (χ1) is 16.8. The molecule has 5 rings (SSSR count). The number of alkyl halides is 3. The maximum atomic E-state index is 13.6. The van der Waals surface area contributed by atoms with Gasteiger partial charge in [-0.1, -0.05) is 6.07 Å². The maximum Gasteiger partial charge on any atom is 0.416 e. The third kappa shape index (κ3) is 4.85. The Bertz CT molecular complexity index is 1200. The molecule has 2 fully saturated rings. The fraction of sp³-hybridized carbons (Fsp3) is 0.385. The van der Waals surface area contributed by atoms with Gasteiger partial charge in [0.15, 0.2) is 0 Å². The Morgan fingerprint density at radius 3 is 2.46 bits per heavy atom. The van der Waals surface area contributed by atoms with Gasteiger partial charge in [0.2, 0.25) is 0 Å². The van der Waals surface area contributed by atoms with E-state index >= 15 is 0 Å². The second-order valence-corrected chi connectivity index (χ2v) is 9.01. The van der Waals surface area contributed by atoms with E-state index in [1.807, 2.05) is 29.2 Å². The lowest BCUT2D eigenvalue weighted by atomic mass is 10.1. The van der Waals surface area contributed by atoms with Gasteiger partial charge < -0.3 is 14.5 Å². The topological polar surface area (TPSA) is 50.6 Å². The number of aromatic nitrogens is 2. The SMILES string of the molecule is COc1ccc(N2CCCN(C(=O)c3cnn(-c4cccc(C(F)(F)F)c4)c3C3CC3)CC2)cc1. The average molecular weight is 485 g/mol. The van der Waals surface area contributed by atoms with Crippen molar-refractivity contribution in [2.75, 3.05) is 38.2 Å². The third-order valence-corrected chi connectivity index (χ3v) is 6.64. The first kappa shape index (κ1) is 23.3. The van der Waals surface area contributed by atoms with E-state index in [9.17, 15) is 18.0 Å². The highest BCUT2D eigenvalue weighted by atomic mass is 19.4. The number of benzene rings is 2. The van der Waals surface area contributed by atoms with Crippen LogP contribution in [0.2, 0.25) is 0 Å². The number of rotatable bonds is 5. The molecule has 6 nitrogen and oxygen atoms in total. The van der Waals surface area contributed by atoms with Crippen LogP contribution in [0.25, 0.3) is 5.69 Å².